The summed E-state index contributed by atoms with van der Waals surface area (Å²) in [5, 5.41) is 4.65. The molecule has 2 aliphatic rings. The molecule has 1 N–H and O–H groups in total. The van der Waals surface area contributed by atoms with Gasteiger partial charge in [0.05, 0.1) is 17.8 Å². The molecule has 0 atom stereocenters. The first-order valence-corrected chi connectivity index (χ1v) is 7.63. The van der Waals surface area contributed by atoms with Crippen molar-refractivity contribution in [2.24, 2.45) is 5.92 Å². The number of hydrogen-bond acceptors (Lipinski definition) is 3. The lowest BCUT2D eigenvalue weighted by molar-refractivity contribution is 0.302. The van der Waals surface area contributed by atoms with Gasteiger partial charge in [0.25, 0.3) is 0 Å². The Morgan fingerprint density at radius 1 is 1.15 bits per heavy atom. The van der Waals surface area contributed by atoms with Gasteiger partial charge in [-0.05, 0) is 43.7 Å². The van der Waals surface area contributed by atoms with E-state index in [0.29, 0.717) is 6.04 Å². The maximum absolute atomic E-state index is 6.04. The van der Waals surface area contributed by atoms with Gasteiger partial charge in [-0.2, -0.15) is 0 Å². The topological polar surface area (TPSA) is 34.1 Å². The Balaban J connectivity index is 1.61. The van der Waals surface area contributed by atoms with E-state index in [1.165, 1.54) is 25.7 Å². The molecule has 4 rings (SSSR count). The third-order valence-corrected chi connectivity index (χ3v) is 4.05. The fourth-order valence-electron chi connectivity index (χ4n) is 2.43. The van der Waals surface area contributed by atoms with Crippen molar-refractivity contribution in [3.05, 3.63) is 36.0 Å². The predicted molar refractivity (Wildman–Crippen MR) is 79.8 cm³/mol. The zero-order valence-electron chi connectivity index (χ0n) is 11.6. The summed E-state index contributed by atoms with van der Waals surface area (Å²) in [4.78, 5) is 4.74. The maximum Gasteiger partial charge on any atom is 0.130 e. The monoisotopic (exact) mass is 268 g/mol. The minimum absolute atomic E-state index is 0.708. The summed E-state index contributed by atoms with van der Waals surface area (Å²) in [6.45, 7) is 1.69. The number of para-hydroxylation sites is 1. The molecule has 1 aromatic carbocycles. The van der Waals surface area contributed by atoms with Gasteiger partial charge >= 0.3 is 0 Å². The number of rotatable bonds is 6. The summed E-state index contributed by atoms with van der Waals surface area (Å²) in [5.41, 5.74) is 2.12. The second-order valence-electron chi connectivity index (χ2n) is 6.04. The number of ether oxygens (including phenoxy) is 1. The number of hydrogen-bond donors (Lipinski definition) is 1. The molecule has 20 heavy (non-hydrogen) atoms. The molecule has 2 fully saturated rings. The van der Waals surface area contributed by atoms with Crippen molar-refractivity contribution in [3.63, 3.8) is 0 Å². The fourth-order valence-corrected chi connectivity index (χ4v) is 2.43. The maximum atomic E-state index is 6.04. The first-order chi connectivity index (χ1) is 9.88. The summed E-state index contributed by atoms with van der Waals surface area (Å²) in [5.74, 6) is 1.77. The standard InChI is InChI=1S/C17H20N2O/c1-2-4-16-15(3-1)17(20-11-12-5-6-12)9-14(19-16)10-18-13-7-8-13/h1-4,9,12-13,18H,5-8,10-11H2. The number of fused-ring (bicyclic) bond motifs is 1. The van der Waals surface area contributed by atoms with E-state index in [1.807, 2.05) is 6.07 Å². The summed E-state index contributed by atoms with van der Waals surface area (Å²) < 4.78 is 6.04. The summed E-state index contributed by atoms with van der Waals surface area (Å²) >= 11 is 0. The Bertz CT molecular complexity index is 617. The average molecular weight is 268 g/mol. The molecule has 104 valence electrons. The number of benzene rings is 1. The van der Waals surface area contributed by atoms with Crippen molar-refractivity contribution in [3.8, 4) is 5.75 Å². The van der Waals surface area contributed by atoms with E-state index in [0.717, 1.165) is 41.4 Å². The lowest BCUT2D eigenvalue weighted by atomic mass is 10.2. The molecule has 0 spiro atoms. The molecule has 2 aliphatic carbocycles. The van der Waals surface area contributed by atoms with Crippen LogP contribution in [0.4, 0.5) is 0 Å². The van der Waals surface area contributed by atoms with Crippen LogP contribution < -0.4 is 10.1 Å². The van der Waals surface area contributed by atoms with Gasteiger partial charge in [-0.25, -0.2) is 0 Å². The molecular formula is C17H20N2O. The van der Waals surface area contributed by atoms with Gasteiger partial charge in [-0.15, -0.1) is 0 Å². The van der Waals surface area contributed by atoms with Crippen LogP contribution in [0, 0.1) is 5.92 Å². The molecule has 0 saturated heterocycles. The fraction of sp³-hybridized carbons (Fsp3) is 0.471. The molecule has 2 aromatic rings. The van der Waals surface area contributed by atoms with Crippen LogP contribution in [0.3, 0.4) is 0 Å². The minimum Gasteiger partial charge on any atom is -0.493 e. The van der Waals surface area contributed by atoms with E-state index >= 15 is 0 Å². The predicted octanol–water partition coefficient (Wildman–Crippen LogP) is 3.28. The Labute approximate surface area is 119 Å². The summed E-state index contributed by atoms with van der Waals surface area (Å²) in [6.07, 6.45) is 5.25. The van der Waals surface area contributed by atoms with Crippen molar-refractivity contribution in [2.45, 2.75) is 38.3 Å². The second-order valence-corrected chi connectivity index (χ2v) is 6.04. The van der Waals surface area contributed by atoms with Gasteiger partial charge in [0, 0.05) is 24.0 Å². The molecule has 0 unspecified atom stereocenters. The third-order valence-electron chi connectivity index (χ3n) is 4.05. The second kappa shape index (κ2) is 5.06. The zero-order valence-corrected chi connectivity index (χ0v) is 11.6. The van der Waals surface area contributed by atoms with Crippen LogP contribution in [0.1, 0.15) is 31.4 Å². The highest BCUT2D eigenvalue weighted by Crippen LogP contribution is 2.32. The Morgan fingerprint density at radius 3 is 2.80 bits per heavy atom. The quantitative estimate of drug-likeness (QED) is 0.873. The molecule has 0 bridgehead atoms. The molecule has 3 heteroatoms. The molecule has 0 amide bonds. The van der Waals surface area contributed by atoms with E-state index in [1.54, 1.807) is 0 Å². The largest absolute Gasteiger partial charge is 0.493 e. The van der Waals surface area contributed by atoms with Crippen LogP contribution >= 0.6 is 0 Å². The van der Waals surface area contributed by atoms with Crippen molar-refractivity contribution < 1.29 is 4.74 Å². The third kappa shape index (κ3) is 2.78. The van der Waals surface area contributed by atoms with Crippen LogP contribution in [0.5, 0.6) is 5.75 Å². The van der Waals surface area contributed by atoms with Gasteiger partial charge in [-0.1, -0.05) is 12.1 Å². The van der Waals surface area contributed by atoms with E-state index in [2.05, 4.69) is 29.6 Å². The van der Waals surface area contributed by atoms with Gasteiger partial charge in [0.2, 0.25) is 0 Å². The minimum atomic E-state index is 0.708. The normalized spacial score (nSPS) is 18.4. The van der Waals surface area contributed by atoms with Gasteiger partial charge in [0.1, 0.15) is 5.75 Å². The highest BCUT2D eigenvalue weighted by Gasteiger charge is 2.23. The zero-order chi connectivity index (χ0) is 13.4. The molecule has 0 radical (unpaired) electrons. The molecule has 1 aromatic heterocycles. The van der Waals surface area contributed by atoms with Crippen LogP contribution in [0.2, 0.25) is 0 Å². The lowest BCUT2D eigenvalue weighted by Gasteiger charge is -2.11. The van der Waals surface area contributed by atoms with E-state index in [9.17, 15) is 0 Å². The average Bonchev–Trinajstić information content (AvgIpc) is 3.37. The molecule has 1 heterocycles. The lowest BCUT2D eigenvalue weighted by Crippen LogP contribution is -2.16. The number of nitrogens with one attached hydrogen (secondary N) is 1. The first-order valence-electron chi connectivity index (χ1n) is 7.63. The van der Waals surface area contributed by atoms with Gasteiger partial charge < -0.3 is 10.1 Å². The molecule has 2 saturated carbocycles. The number of nitrogens with zero attached hydrogens (tertiary/aromatic N) is 1. The van der Waals surface area contributed by atoms with Crippen molar-refractivity contribution in [1.29, 1.82) is 0 Å². The smallest absolute Gasteiger partial charge is 0.130 e. The summed E-state index contributed by atoms with van der Waals surface area (Å²) in [6, 6.07) is 11.1. The molecule has 3 nitrogen and oxygen atoms in total. The molecule has 0 aliphatic heterocycles. The van der Waals surface area contributed by atoms with Crippen LogP contribution in [-0.2, 0) is 6.54 Å². The van der Waals surface area contributed by atoms with Crippen LogP contribution in [-0.4, -0.2) is 17.6 Å². The van der Waals surface area contributed by atoms with Crippen molar-refractivity contribution in [1.82, 2.24) is 10.3 Å². The first kappa shape index (κ1) is 12.2. The van der Waals surface area contributed by atoms with E-state index < -0.39 is 0 Å². The van der Waals surface area contributed by atoms with E-state index in [-0.39, 0.29) is 0 Å². The summed E-state index contributed by atoms with van der Waals surface area (Å²) in [7, 11) is 0. The number of aromatic nitrogens is 1. The number of pyridine rings is 1. The highest BCUT2D eigenvalue weighted by atomic mass is 16.5. The Morgan fingerprint density at radius 2 is 2.00 bits per heavy atom. The Hall–Kier alpha value is -1.61. The SMILES string of the molecule is c1ccc2c(OCC3CC3)cc(CNC3CC3)nc2c1. The van der Waals surface area contributed by atoms with Gasteiger partial charge in [0.15, 0.2) is 0 Å². The van der Waals surface area contributed by atoms with E-state index in [4.69, 9.17) is 9.72 Å². The van der Waals surface area contributed by atoms with Gasteiger partial charge in [-0.3, -0.25) is 4.98 Å². The Kier molecular flexibility index (Phi) is 3.07. The van der Waals surface area contributed by atoms with Crippen LogP contribution in [0.15, 0.2) is 30.3 Å². The van der Waals surface area contributed by atoms with Crippen molar-refractivity contribution >= 4 is 10.9 Å². The highest BCUT2D eigenvalue weighted by molar-refractivity contribution is 5.85. The molecular weight excluding hydrogens is 248 g/mol. The van der Waals surface area contributed by atoms with Crippen LogP contribution in [0.25, 0.3) is 10.9 Å². The van der Waals surface area contributed by atoms with Crippen molar-refractivity contribution in [2.75, 3.05) is 6.61 Å².